The summed E-state index contributed by atoms with van der Waals surface area (Å²) in [6.07, 6.45) is 8.00. The second-order valence-corrected chi connectivity index (χ2v) is 5.28. The third kappa shape index (κ3) is 10.4. The largest absolute Gasteiger partial charge is 0.396 e. The van der Waals surface area contributed by atoms with Crippen LogP contribution in [0.25, 0.3) is 0 Å². The van der Waals surface area contributed by atoms with E-state index in [0.29, 0.717) is 0 Å². The Labute approximate surface area is 100 Å². The Morgan fingerprint density at radius 1 is 1.06 bits per heavy atom. The highest BCUT2D eigenvalue weighted by Gasteiger charge is 2.16. The summed E-state index contributed by atoms with van der Waals surface area (Å²) >= 11 is 0. The molecule has 0 aliphatic carbocycles. The molecule has 0 aliphatic heterocycles. The van der Waals surface area contributed by atoms with Crippen molar-refractivity contribution in [3.05, 3.63) is 0 Å². The first-order valence-corrected chi connectivity index (χ1v) is 6.56. The van der Waals surface area contributed by atoms with Crippen LogP contribution in [0.5, 0.6) is 0 Å². The Hall–Kier alpha value is -0.120. The van der Waals surface area contributed by atoms with Gasteiger partial charge in [-0.05, 0) is 46.0 Å². The van der Waals surface area contributed by atoms with Crippen molar-refractivity contribution in [1.29, 1.82) is 0 Å². The Morgan fingerprint density at radius 3 is 2.12 bits per heavy atom. The minimum Gasteiger partial charge on any atom is -0.396 e. The Kier molecular flexibility index (Phi) is 8.90. The van der Waals surface area contributed by atoms with Crippen LogP contribution >= 0.6 is 0 Å². The summed E-state index contributed by atoms with van der Waals surface area (Å²) in [5, 5.41) is 17.8. The van der Waals surface area contributed by atoms with E-state index in [1.54, 1.807) is 0 Å². The highest BCUT2D eigenvalue weighted by atomic mass is 16.3. The molecule has 4 N–H and O–H groups in total. The SMILES string of the molecule is CC(O)CCCCCC(C)(N)CCCCO. The van der Waals surface area contributed by atoms with Crippen molar-refractivity contribution in [3.8, 4) is 0 Å². The minimum absolute atomic E-state index is 0.0833. The van der Waals surface area contributed by atoms with Crippen molar-refractivity contribution in [1.82, 2.24) is 0 Å². The maximum absolute atomic E-state index is 9.11. The van der Waals surface area contributed by atoms with Gasteiger partial charge in [0.2, 0.25) is 0 Å². The topological polar surface area (TPSA) is 66.5 Å². The van der Waals surface area contributed by atoms with E-state index < -0.39 is 0 Å². The van der Waals surface area contributed by atoms with Gasteiger partial charge in [0.25, 0.3) is 0 Å². The average molecular weight is 231 g/mol. The summed E-state index contributed by atoms with van der Waals surface area (Å²) < 4.78 is 0. The summed E-state index contributed by atoms with van der Waals surface area (Å²) in [7, 11) is 0. The predicted molar refractivity (Wildman–Crippen MR) is 68.3 cm³/mol. The van der Waals surface area contributed by atoms with Crippen LogP contribution < -0.4 is 5.73 Å². The fraction of sp³-hybridized carbons (Fsp3) is 1.00. The van der Waals surface area contributed by atoms with Gasteiger partial charge in [0.05, 0.1) is 6.10 Å². The number of rotatable bonds is 10. The van der Waals surface area contributed by atoms with Crippen LogP contribution in [0.4, 0.5) is 0 Å². The first kappa shape index (κ1) is 15.9. The molecule has 0 fully saturated rings. The first-order valence-electron chi connectivity index (χ1n) is 6.56. The van der Waals surface area contributed by atoms with Gasteiger partial charge in [-0.2, -0.15) is 0 Å². The highest BCUT2D eigenvalue weighted by Crippen LogP contribution is 2.19. The molecule has 0 heterocycles. The molecular formula is C13H29NO2. The molecule has 3 heteroatoms. The fourth-order valence-electron chi connectivity index (χ4n) is 1.91. The van der Waals surface area contributed by atoms with Gasteiger partial charge >= 0.3 is 0 Å². The van der Waals surface area contributed by atoms with Crippen LogP contribution in [0.3, 0.4) is 0 Å². The summed E-state index contributed by atoms with van der Waals surface area (Å²) in [6, 6.07) is 0. The van der Waals surface area contributed by atoms with Gasteiger partial charge in [0.1, 0.15) is 0 Å². The van der Waals surface area contributed by atoms with Crippen molar-refractivity contribution in [2.45, 2.75) is 76.9 Å². The Morgan fingerprint density at radius 2 is 1.62 bits per heavy atom. The van der Waals surface area contributed by atoms with Crippen LogP contribution in [-0.4, -0.2) is 28.5 Å². The van der Waals surface area contributed by atoms with E-state index in [0.717, 1.165) is 51.4 Å². The van der Waals surface area contributed by atoms with Gasteiger partial charge in [0.15, 0.2) is 0 Å². The quantitative estimate of drug-likeness (QED) is 0.505. The third-order valence-electron chi connectivity index (χ3n) is 3.03. The number of hydrogen-bond acceptors (Lipinski definition) is 3. The average Bonchev–Trinajstić information content (AvgIpc) is 2.16. The molecule has 0 saturated carbocycles. The molecule has 0 saturated heterocycles. The molecule has 0 aromatic rings. The lowest BCUT2D eigenvalue weighted by atomic mass is 9.90. The van der Waals surface area contributed by atoms with Gasteiger partial charge in [0, 0.05) is 12.1 Å². The van der Waals surface area contributed by atoms with E-state index in [4.69, 9.17) is 15.9 Å². The number of aliphatic hydroxyl groups excluding tert-OH is 2. The van der Waals surface area contributed by atoms with Gasteiger partial charge in [-0.1, -0.05) is 19.3 Å². The molecule has 0 rings (SSSR count). The van der Waals surface area contributed by atoms with Crippen LogP contribution in [0.1, 0.15) is 65.2 Å². The third-order valence-corrected chi connectivity index (χ3v) is 3.03. The smallest absolute Gasteiger partial charge is 0.0512 e. The van der Waals surface area contributed by atoms with E-state index in [9.17, 15) is 0 Å². The van der Waals surface area contributed by atoms with Crippen molar-refractivity contribution < 1.29 is 10.2 Å². The normalized spacial score (nSPS) is 17.1. The van der Waals surface area contributed by atoms with E-state index in [1.165, 1.54) is 0 Å². The van der Waals surface area contributed by atoms with Crippen LogP contribution in [0, 0.1) is 0 Å². The number of hydrogen-bond donors (Lipinski definition) is 3. The van der Waals surface area contributed by atoms with Gasteiger partial charge in [-0.25, -0.2) is 0 Å². The van der Waals surface area contributed by atoms with Crippen molar-refractivity contribution >= 4 is 0 Å². The lowest BCUT2D eigenvalue weighted by Gasteiger charge is -2.24. The summed E-state index contributed by atoms with van der Waals surface area (Å²) in [6.45, 7) is 4.20. The Balaban J connectivity index is 3.42. The molecule has 0 aromatic carbocycles. The van der Waals surface area contributed by atoms with Crippen molar-refractivity contribution in [3.63, 3.8) is 0 Å². The summed E-state index contributed by atoms with van der Waals surface area (Å²) in [5.74, 6) is 0. The van der Waals surface area contributed by atoms with Crippen molar-refractivity contribution in [2.75, 3.05) is 6.61 Å². The molecule has 0 spiro atoms. The summed E-state index contributed by atoms with van der Waals surface area (Å²) in [5.41, 5.74) is 6.09. The predicted octanol–water partition coefficient (Wildman–Crippen LogP) is 2.20. The van der Waals surface area contributed by atoms with Gasteiger partial charge < -0.3 is 15.9 Å². The van der Waals surface area contributed by atoms with Crippen LogP contribution in [-0.2, 0) is 0 Å². The molecule has 0 bridgehead atoms. The van der Waals surface area contributed by atoms with Crippen LogP contribution in [0.15, 0.2) is 0 Å². The molecule has 3 nitrogen and oxygen atoms in total. The molecule has 98 valence electrons. The first-order chi connectivity index (χ1) is 7.48. The van der Waals surface area contributed by atoms with Crippen molar-refractivity contribution in [2.24, 2.45) is 5.73 Å². The fourth-order valence-corrected chi connectivity index (χ4v) is 1.91. The second kappa shape index (κ2) is 8.97. The van der Waals surface area contributed by atoms with E-state index in [2.05, 4.69) is 6.92 Å². The zero-order valence-corrected chi connectivity index (χ0v) is 10.9. The molecule has 16 heavy (non-hydrogen) atoms. The maximum atomic E-state index is 9.11. The molecule has 2 atom stereocenters. The lowest BCUT2D eigenvalue weighted by Crippen LogP contribution is -2.35. The standard InChI is InChI=1S/C13H29NO2/c1-12(16)8-4-3-5-9-13(2,14)10-6-7-11-15/h12,15-16H,3-11,14H2,1-2H3. The highest BCUT2D eigenvalue weighted by molar-refractivity contribution is 4.78. The minimum atomic E-state index is -0.172. The molecular weight excluding hydrogens is 202 g/mol. The van der Waals surface area contributed by atoms with E-state index in [-0.39, 0.29) is 18.2 Å². The number of nitrogens with two attached hydrogens (primary N) is 1. The summed E-state index contributed by atoms with van der Waals surface area (Å²) in [4.78, 5) is 0. The van der Waals surface area contributed by atoms with Crippen LogP contribution in [0.2, 0.25) is 0 Å². The molecule has 0 aromatic heterocycles. The van der Waals surface area contributed by atoms with E-state index in [1.807, 2.05) is 6.92 Å². The maximum Gasteiger partial charge on any atom is 0.0512 e. The molecule has 0 amide bonds. The number of aliphatic hydroxyl groups is 2. The second-order valence-electron chi connectivity index (χ2n) is 5.28. The lowest BCUT2D eigenvalue weighted by molar-refractivity contribution is 0.180. The zero-order valence-electron chi connectivity index (χ0n) is 10.9. The molecule has 2 unspecified atom stereocenters. The van der Waals surface area contributed by atoms with E-state index >= 15 is 0 Å². The Bertz CT molecular complexity index is 158. The monoisotopic (exact) mass is 231 g/mol. The van der Waals surface area contributed by atoms with Gasteiger partial charge in [-0.15, -0.1) is 0 Å². The molecule has 0 radical (unpaired) electrons. The van der Waals surface area contributed by atoms with Gasteiger partial charge in [-0.3, -0.25) is 0 Å². The zero-order chi connectivity index (χ0) is 12.4. The molecule has 0 aliphatic rings. The number of unbranched alkanes of at least 4 members (excludes halogenated alkanes) is 3.